The summed E-state index contributed by atoms with van der Waals surface area (Å²) < 4.78 is 20.8. The van der Waals surface area contributed by atoms with Crippen molar-refractivity contribution in [2.45, 2.75) is 63.6 Å². The number of methoxy groups -OCH3 is 1. The standard InChI is InChI=1S/C27H35N7O3/c1-18-30-26-24(34(18)21-8-11-36-12-9-21)15-19(16-28-26)23-7-10-33-25(23)17-29-27(32-33)31-20-3-5-22(6-4-20)37-14-13-35-2/h7,10,15-17,20-22H,3-6,8-9,11-14H2,1-2H3,(H,31,32)/t20-,22+. The van der Waals surface area contributed by atoms with E-state index in [1.165, 1.54) is 0 Å². The number of fused-ring (bicyclic) bond motifs is 2. The number of aryl methyl sites for hydroxylation is 1. The summed E-state index contributed by atoms with van der Waals surface area (Å²) in [6.07, 6.45) is 12.3. The molecule has 0 radical (unpaired) electrons. The Hall–Kier alpha value is -3.08. The summed E-state index contributed by atoms with van der Waals surface area (Å²) >= 11 is 0. The van der Waals surface area contributed by atoms with Crippen LogP contribution in [-0.2, 0) is 14.2 Å². The van der Waals surface area contributed by atoms with E-state index in [4.69, 9.17) is 29.3 Å². The van der Waals surface area contributed by atoms with Gasteiger partial charge in [-0.05, 0) is 57.6 Å². The van der Waals surface area contributed by atoms with E-state index in [1.807, 2.05) is 23.1 Å². The molecule has 0 unspecified atom stereocenters. The van der Waals surface area contributed by atoms with Gasteiger partial charge in [0.25, 0.3) is 0 Å². The van der Waals surface area contributed by atoms with Crippen molar-refractivity contribution < 1.29 is 14.2 Å². The quantitative estimate of drug-likeness (QED) is 0.356. The molecule has 0 amide bonds. The van der Waals surface area contributed by atoms with Gasteiger partial charge in [0, 0.05) is 55.9 Å². The van der Waals surface area contributed by atoms with Crippen LogP contribution < -0.4 is 5.32 Å². The highest BCUT2D eigenvalue weighted by Gasteiger charge is 2.23. The fourth-order valence-corrected chi connectivity index (χ4v) is 5.71. The summed E-state index contributed by atoms with van der Waals surface area (Å²) in [5.74, 6) is 1.66. The van der Waals surface area contributed by atoms with Gasteiger partial charge in [-0.25, -0.2) is 19.5 Å². The Morgan fingerprint density at radius 3 is 2.68 bits per heavy atom. The van der Waals surface area contributed by atoms with Crippen molar-refractivity contribution in [3.63, 3.8) is 0 Å². The minimum Gasteiger partial charge on any atom is -0.382 e. The molecule has 2 aliphatic rings. The first-order chi connectivity index (χ1) is 18.2. The maximum Gasteiger partial charge on any atom is 0.241 e. The molecule has 6 rings (SSSR count). The first-order valence-electron chi connectivity index (χ1n) is 13.3. The molecule has 37 heavy (non-hydrogen) atoms. The molecular weight excluding hydrogens is 470 g/mol. The van der Waals surface area contributed by atoms with Crippen LogP contribution in [0.25, 0.3) is 27.8 Å². The maximum atomic E-state index is 5.89. The Morgan fingerprint density at radius 1 is 1.03 bits per heavy atom. The van der Waals surface area contributed by atoms with Crippen molar-refractivity contribution >= 4 is 22.6 Å². The number of anilines is 1. The predicted molar refractivity (Wildman–Crippen MR) is 141 cm³/mol. The van der Waals surface area contributed by atoms with Crippen molar-refractivity contribution in [3.8, 4) is 11.1 Å². The van der Waals surface area contributed by atoms with E-state index in [-0.39, 0.29) is 0 Å². The number of nitrogens with zero attached hydrogens (tertiary/aromatic N) is 6. The predicted octanol–water partition coefficient (Wildman–Crippen LogP) is 4.19. The molecule has 1 aliphatic heterocycles. The molecule has 4 aromatic rings. The summed E-state index contributed by atoms with van der Waals surface area (Å²) in [6.45, 7) is 4.95. The molecule has 5 heterocycles. The highest BCUT2D eigenvalue weighted by Crippen LogP contribution is 2.32. The zero-order valence-corrected chi connectivity index (χ0v) is 21.6. The van der Waals surface area contributed by atoms with Gasteiger partial charge in [0.1, 0.15) is 5.82 Å². The Labute approximate surface area is 216 Å². The highest BCUT2D eigenvalue weighted by atomic mass is 16.5. The second-order valence-electron chi connectivity index (χ2n) is 10.1. The average Bonchev–Trinajstić information content (AvgIpc) is 3.49. The van der Waals surface area contributed by atoms with E-state index >= 15 is 0 Å². The van der Waals surface area contributed by atoms with E-state index in [2.05, 4.69) is 33.9 Å². The molecule has 0 aromatic carbocycles. The monoisotopic (exact) mass is 505 g/mol. The zero-order valence-electron chi connectivity index (χ0n) is 21.6. The average molecular weight is 506 g/mol. The molecule has 0 bridgehead atoms. The van der Waals surface area contributed by atoms with E-state index in [0.29, 0.717) is 37.3 Å². The van der Waals surface area contributed by atoms with Gasteiger partial charge in [0.15, 0.2) is 5.65 Å². The van der Waals surface area contributed by atoms with E-state index in [9.17, 15) is 0 Å². The fraction of sp³-hybridized carbons (Fsp3) is 0.556. The molecule has 196 valence electrons. The fourth-order valence-electron chi connectivity index (χ4n) is 5.71. The third kappa shape index (κ3) is 5.05. The van der Waals surface area contributed by atoms with Crippen LogP contribution in [0, 0.1) is 6.92 Å². The second-order valence-corrected chi connectivity index (χ2v) is 10.1. The van der Waals surface area contributed by atoms with Gasteiger partial charge in [-0.15, -0.1) is 5.10 Å². The van der Waals surface area contributed by atoms with Crippen molar-refractivity contribution in [1.82, 2.24) is 29.1 Å². The van der Waals surface area contributed by atoms with Crippen LogP contribution in [-0.4, -0.2) is 74.8 Å². The smallest absolute Gasteiger partial charge is 0.241 e. The first-order valence-corrected chi connectivity index (χ1v) is 13.3. The van der Waals surface area contributed by atoms with Crippen LogP contribution in [0.1, 0.15) is 50.4 Å². The summed E-state index contributed by atoms with van der Waals surface area (Å²) in [6, 6.07) is 5.04. The topological polar surface area (TPSA) is 101 Å². The second kappa shape index (κ2) is 10.7. The van der Waals surface area contributed by atoms with Crippen LogP contribution in [0.4, 0.5) is 5.95 Å². The lowest BCUT2D eigenvalue weighted by molar-refractivity contribution is -0.00158. The van der Waals surface area contributed by atoms with Crippen LogP contribution in [0.2, 0.25) is 0 Å². The molecular formula is C27H35N7O3. The van der Waals surface area contributed by atoms with Gasteiger partial charge in [-0.1, -0.05) is 0 Å². The number of rotatable bonds is 8. The molecule has 0 spiro atoms. The molecule has 1 aliphatic carbocycles. The van der Waals surface area contributed by atoms with Crippen LogP contribution in [0.3, 0.4) is 0 Å². The Bertz CT molecular complexity index is 1350. The third-order valence-corrected chi connectivity index (χ3v) is 7.66. The molecule has 1 N–H and O–H groups in total. The number of nitrogens with one attached hydrogen (secondary N) is 1. The molecule has 10 heteroatoms. The summed E-state index contributed by atoms with van der Waals surface area (Å²) in [7, 11) is 1.70. The van der Waals surface area contributed by atoms with Crippen molar-refractivity contribution in [3.05, 3.63) is 36.5 Å². The Morgan fingerprint density at radius 2 is 1.86 bits per heavy atom. The number of pyridine rings is 1. The summed E-state index contributed by atoms with van der Waals surface area (Å²) in [4.78, 5) is 14.1. The zero-order chi connectivity index (χ0) is 25.2. The normalized spacial score (nSPS) is 21.1. The van der Waals surface area contributed by atoms with Gasteiger partial charge < -0.3 is 24.1 Å². The van der Waals surface area contributed by atoms with Crippen LogP contribution in [0.15, 0.2) is 30.7 Å². The minimum absolute atomic E-state index is 0.320. The molecule has 10 nitrogen and oxygen atoms in total. The van der Waals surface area contributed by atoms with Gasteiger partial charge in [0.05, 0.1) is 36.5 Å². The molecule has 2 fully saturated rings. The van der Waals surface area contributed by atoms with Gasteiger partial charge in [-0.2, -0.15) is 0 Å². The van der Waals surface area contributed by atoms with Crippen molar-refractivity contribution in [2.24, 2.45) is 0 Å². The van der Waals surface area contributed by atoms with E-state index in [1.54, 1.807) is 7.11 Å². The number of hydrogen-bond donors (Lipinski definition) is 1. The lowest BCUT2D eigenvalue weighted by atomic mass is 9.93. The minimum atomic E-state index is 0.320. The molecule has 4 aromatic heterocycles. The summed E-state index contributed by atoms with van der Waals surface area (Å²) in [5.41, 5.74) is 4.92. The largest absolute Gasteiger partial charge is 0.382 e. The third-order valence-electron chi connectivity index (χ3n) is 7.66. The number of ether oxygens (including phenoxy) is 3. The molecule has 0 atom stereocenters. The molecule has 1 saturated carbocycles. The maximum absolute atomic E-state index is 5.89. The lowest BCUT2D eigenvalue weighted by Gasteiger charge is -2.29. The van der Waals surface area contributed by atoms with Crippen LogP contribution >= 0.6 is 0 Å². The van der Waals surface area contributed by atoms with Crippen molar-refractivity contribution in [2.75, 3.05) is 38.9 Å². The highest BCUT2D eigenvalue weighted by molar-refractivity contribution is 5.85. The number of imidazole rings is 1. The first kappa shape index (κ1) is 24.3. The SMILES string of the molecule is COCCO[C@H]1CC[C@@H](Nc2ncc3c(-c4cnc5nc(C)n(C6CCOCC6)c5c4)ccn3n2)CC1. The van der Waals surface area contributed by atoms with Crippen molar-refractivity contribution in [1.29, 1.82) is 0 Å². The van der Waals surface area contributed by atoms with Crippen LogP contribution in [0.5, 0.6) is 0 Å². The lowest BCUT2D eigenvalue weighted by Crippen LogP contribution is -2.31. The Balaban J connectivity index is 1.19. The van der Waals surface area contributed by atoms with E-state index in [0.717, 1.165) is 85.4 Å². The molecule has 1 saturated heterocycles. The Kier molecular flexibility index (Phi) is 7.04. The van der Waals surface area contributed by atoms with Gasteiger partial charge in [0.2, 0.25) is 5.95 Å². The number of aromatic nitrogens is 6. The van der Waals surface area contributed by atoms with E-state index < -0.39 is 0 Å². The van der Waals surface area contributed by atoms with Gasteiger partial charge in [-0.3, -0.25) is 0 Å². The van der Waals surface area contributed by atoms with Gasteiger partial charge >= 0.3 is 0 Å². The summed E-state index contributed by atoms with van der Waals surface area (Å²) in [5, 5.41) is 8.27. The number of hydrogen-bond acceptors (Lipinski definition) is 8.